The average Bonchev–Trinajstić information content (AvgIpc) is 3.39. The summed E-state index contributed by atoms with van der Waals surface area (Å²) in [6.07, 6.45) is 3.79. The quantitative estimate of drug-likeness (QED) is 0.373. The van der Waals surface area contributed by atoms with Crippen molar-refractivity contribution in [2.75, 3.05) is 31.6 Å². The highest BCUT2D eigenvalue weighted by Gasteiger charge is 2.50. The van der Waals surface area contributed by atoms with Gasteiger partial charge in [-0.1, -0.05) is 0 Å². The average molecular weight is 538 g/mol. The van der Waals surface area contributed by atoms with E-state index in [9.17, 15) is 22.8 Å². The van der Waals surface area contributed by atoms with Crippen LogP contribution in [0.3, 0.4) is 0 Å². The van der Waals surface area contributed by atoms with Gasteiger partial charge < -0.3 is 20.8 Å². The van der Waals surface area contributed by atoms with Crippen LogP contribution in [0.5, 0.6) is 5.75 Å². The van der Waals surface area contributed by atoms with Crippen molar-refractivity contribution in [3.8, 4) is 5.75 Å². The van der Waals surface area contributed by atoms with Gasteiger partial charge in [0.1, 0.15) is 5.75 Å². The van der Waals surface area contributed by atoms with Gasteiger partial charge in [-0.3, -0.25) is 19.7 Å². The third-order valence-corrected chi connectivity index (χ3v) is 9.57. The molecular weight excluding hydrogens is 510 g/mol. The van der Waals surface area contributed by atoms with Crippen LogP contribution in [0.1, 0.15) is 45.5 Å². The highest BCUT2D eigenvalue weighted by Crippen LogP contribution is 2.45. The lowest BCUT2D eigenvalue weighted by molar-refractivity contribution is -0.127. The maximum absolute atomic E-state index is 13.6. The van der Waals surface area contributed by atoms with E-state index in [2.05, 4.69) is 5.32 Å². The molecule has 1 spiro atoms. The van der Waals surface area contributed by atoms with Gasteiger partial charge in [-0.2, -0.15) is 4.31 Å². The zero-order valence-electron chi connectivity index (χ0n) is 20.7. The van der Waals surface area contributed by atoms with Crippen molar-refractivity contribution < 1.29 is 27.5 Å². The fourth-order valence-corrected chi connectivity index (χ4v) is 6.91. The standard InChI is InChI=1S/C26H27N5O6S/c1-37-22-12-17(2-4-19(22)16(14-27)15-28)31-11-8-26(25(31)34)6-9-30(10-7-26)38(35,36)18-3-5-20-21(13-18)24(33)29-23(20)32/h2-5,12-15,27H,6-11,28H2,1H3,(H,29,32,33)/b16-15+,27-14?. The fraction of sp³-hybridized carbons (Fsp3) is 0.308. The molecule has 12 heteroatoms. The number of ether oxygens (including phenoxy) is 1. The Labute approximate surface area is 219 Å². The van der Waals surface area contributed by atoms with Crippen molar-refractivity contribution in [1.29, 1.82) is 5.41 Å². The molecule has 4 N–H and O–H groups in total. The minimum absolute atomic E-state index is 0.0438. The van der Waals surface area contributed by atoms with E-state index in [1.54, 1.807) is 23.1 Å². The van der Waals surface area contributed by atoms with E-state index in [0.717, 1.165) is 6.21 Å². The Morgan fingerprint density at radius 2 is 1.71 bits per heavy atom. The van der Waals surface area contributed by atoms with E-state index in [0.29, 0.717) is 48.4 Å². The highest BCUT2D eigenvalue weighted by atomic mass is 32.2. The van der Waals surface area contributed by atoms with E-state index in [1.165, 1.54) is 35.8 Å². The van der Waals surface area contributed by atoms with Crippen LogP contribution < -0.4 is 20.7 Å². The molecule has 2 saturated heterocycles. The second-order valence-electron chi connectivity index (χ2n) is 9.53. The Bertz CT molecular complexity index is 1510. The summed E-state index contributed by atoms with van der Waals surface area (Å²) < 4.78 is 33.5. The molecule has 3 amide bonds. The number of piperidine rings is 1. The first-order chi connectivity index (χ1) is 18.1. The molecule has 0 radical (unpaired) electrons. The molecule has 198 valence electrons. The van der Waals surface area contributed by atoms with Crippen molar-refractivity contribution in [1.82, 2.24) is 9.62 Å². The largest absolute Gasteiger partial charge is 0.496 e. The Morgan fingerprint density at radius 3 is 2.37 bits per heavy atom. The number of fused-ring (bicyclic) bond motifs is 1. The number of nitrogens with two attached hydrogens (primary N) is 1. The number of rotatable bonds is 6. The van der Waals surface area contributed by atoms with E-state index in [1.807, 2.05) is 0 Å². The maximum atomic E-state index is 13.6. The predicted molar refractivity (Wildman–Crippen MR) is 140 cm³/mol. The lowest BCUT2D eigenvalue weighted by atomic mass is 9.77. The first-order valence-electron chi connectivity index (χ1n) is 12.1. The SMILES string of the molecule is COc1cc(N2CCC3(CCN(S(=O)(=O)c4ccc5c(c4)C(=O)NC5=O)CC3)C2=O)ccc1/C(C=N)=C/N. The molecule has 0 bridgehead atoms. The van der Waals surface area contributed by atoms with E-state index in [-0.39, 0.29) is 35.0 Å². The fourth-order valence-electron chi connectivity index (χ4n) is 5.44. The molecule has 11 nitrogen and oxygen atoms in total. The summed E-state index contributed by atoms with van der Waals surface area (Å²) in [6.45, 7) is 0.818. The molecule has 38 heavy (non-hydrogen) atoms. The Hall–Kier alpha value is -4.03. The van der Waals surface area contributed by atoms with Crippen molar-refractivity contribution in [3.05, 3.63) is 59.3 Å². The number of carbonyl (C=O) groups is 3. The van der Waals surface area contributed by atoms with Gasteiger partial charge in [-0.05, 0) is 49.6 Å². The van der Waals surface area contributed by atoms with Gasteiger partial charge in [0, 0.05) is 54.9 Å². The van der Waals surface area contributed by atoms with E-state index < -0.39 is 27.3 Å². The molecule has 0 aliphatic carbocycles. The summed E-state index contributed by atoms with van der Waals surface area (Å²) in [5, 5.41) is 9.71. The predicted octanol–water partition coefficient (Wildman–Crippen LogP) is 1.74. The van der Waals surface area contributed by atoms with Gasteiger partial charge in [0.05, 0.1) is 28.5 Å². The van der Waals surface area contributed by atoms with E-state index in [4.69, 9.17) is 15.9 Å². The van der Waals surface area contributed by atoms with Crippen LogP contribution in [-0.4, -0.2) is 63.4 Å². The minimum Gasteiger partial charge on any atom is -0.496 e. The van der Waals surface area contributed by atoms with Gasteiger partial charge in [0.15, 0.2) is 0 Å². The Kier molecular flexibility index (Phi) is 6.32. The molecule has 3 aliphatic heterocycles. The number of carbonyl (C=O) groups excluding carboxylic acids is 3. The second kappa shape index (κ2) is 9.37. The number of imide groups is 1. The molecule has 0 aromatic heterocycles. The molecule has 3 aliphatic rings. The molecule has 3 heterocycles. The lowest BCUT2D eigenvalue weighted by Gasteiger charge is -2.37. The number of anilines is 1. The van der Waals surface area contributed by atoms with Crippen LogP contribution >= 0.6 is 0 Å². The highest BCUT2D eigenvalue weighted by molar-refractivity contribution is 7.89. The lowest BCUT2D eigenvalue weighted by Crippen LogP contribution is -2.46. The third kappa shape index (κ3) is 3.96. The van der Waals surface area contributed by atoms with Crippen molar-refractivity contribution in [2.45, 2.75) is 24.2 Å². The Morgan fingerprint density at radius 1 is 1.03 bits per heavy atom. The molecule has 2 aromatic rings. The number of hydrogen-bond donors (Lipinski definition) is 3. The number of allylic oxidation sites excluding steroid dienone is 1. The molecule has 5 rings (SSSR count). The van der Waals surface area contributed by atoms with Crippen LogP contribution in [0.25, 0.3) is 5.57 Å². The number of benzene rings is 2. The van der Waals surface area contributed by atoms with Crippen molar-refractivity contribution in [2.24, 2.45) is 11.1 Å². The minimum atomic E-state index is -3.91. The molecule has 0 atom stereocenters. The molecule has 2 fully saturated rings. The number of sulfonamides is 1. The summed E-state index contributed by atoms with van der Waals surface area (Å²) in [5.41, 5.74) is 6.94. The zero-order chi connectivity index (χ0) is 27.2. The number of nitrogens with one attached hydrogen (secondary N) is 2. The maximum Gasteiger partial charge on any atom is 0.258 e. The monoisotopic (exact) mass is 537 g/mol. The normalized spacial score (nSPS) is 19.6. The van der Waals surface area contributed by atoms with Gasteiger partial charge in [-0.15, -0.1) is 0 Å². The van der Waals surface area contributed by atoms with Gasteiger partial charge in [0.25, 0.3) is 11.8 Å². The van der Waals surface area contributed by atoms with Crippen LogP contribution in [0.2, 0.25) is 0 Å². The van der Waals surface area contributed by atoms with Crippen LogP contribution in [0.4, 0.5) is 5.69 Å². The summed E-state index contributed by atoms with van der Waals surface area (Å²) in [4.78, 5) is 39.0. The van der Waals surface area contributed by atoms with Crippen molar-refractivity contribution in [3.63, 3.8) is 0 Å². The van der Waals surface area contributed by atoms with Crippen LogP contribution in [0, 0.1) is 10.8 Å². The second-order valence-corrected chi connectivity index (χ2v) is 11.5. The number of hydrogen-bond acceptors (Lipinski definition) is 8. The van der Waals surface area contributed by atoms with E-state index >= 15 is 0 Å². The molecule has 0 unspecified atom stereocenters. The van der Waals surface area contributed by atoms with Crippen LogP contribution in [0.15, 0.2) is 47.5 Å². The molecular formula is C26H27N5O6S. The van der Waals surface area contributed by atoms with Crippen LogP contribution in [-0.2, 0) is 14.8 Å². The zero-order valence-corrected chi connectivity index (χ0v) is 21.5. The number of amides is 3. The van der Waals surface area contributed by atoms with Gasteiger partial charge in [0.2, 0.25) is 15.9 Å². The number of nitrogens with zero attached hydrogens (tertiary/aromatic N) is 2. The first-order valence-corrected chi connectivity index (χ1v) is 13.5. The van der Waals surface area contributed by atoms with Gasteiger partial charge in [-0.25, -0.2) is 8.42 Å². The third-order valence-electron chi connectivity index (χ3n) is 7.68. The number of methoxy groups -OCH3 is 1. The summed E-state index contributed by atoms with van der Waals surface area (Å²) in [5.74, 6) is -0.730. The smallest absolute Gasteiger partial charge is 0.258 e. The van der Waals surface area contributed by atoms with Gasteiger partial charge >= 0.3 is 0 Å². The summed E-state index contributed by atoms with van der Waals surface area (Å²) in [6, 6.07) is 9.21. The van der Waals surface area contributed by atoms with Crippen molar-refractivity contribution >= 4 is 45.2 Å². The Balaban J connectivity index is 1.33. The molecule has 0 saturated carbocycles. The summed E-state index contributed by atoms with van der Waals surface area (Å²) >= 11 is 0. The first kappa shape index (κ1) is 25.6. The summed E-state index contributed by atoms with van der Waals surface area (Å²) in [7, 11) is -2.40. The molecule has 2 aromatic carbocycles. The topological polar surface area (TPSA) is 163 Å².